The van der Waals surface area contributed by atoms with Crippen LogP contribution in [0.3, 0.4) is 0 Å². The summed E-state index contributed by atoms with van der Waals surface area (Å²) in [6, 6.07) is 13.3. The number of hydrogen-bond acceptors (Lipinski definition) is 5. The summed E-state index contributed by atoms with van der Waals surface area (Å²) in [5.41, 5.74) is 1.61. The molecule has 154 valence electrons. The first-order valence-electron chi connectivity index (χ1n) is 9.70. The van der Waals surface area contributed by atoms with Crippen LogP contribution in [0.15, 0.2) is 51.9 Å². The fourth-order valence-corrected chi connectivity index (χ4v) is 3.75. The summed E-state index contributed by atoms with van der Waals surface area (Å²) >= 11 is 3.42. The summed E-state index contributed by atoms with van der Waals surface area (Å²) in [5, 5.41) is 0. The molecule has 0 unspecified atom stereocenters. The Morgan fingerprint density at radius 1 is 1.00 bits per heavy atom. The lowest BCUT2D eigenvalue weighted by Crippen LogP contribution is -2.36. The standard InChI is InChI=1S/C22H23BrN2O3.BrH/c23-17-7-5-16(6-8-17)19(26)15-25(22-4-2-1-3-11-24-22)18-9-10-20-21(14-18)28-13-12-27-20;/h5-10,14H,1-4,11-13,15H2;1H. The number of fused-ring (bicyclic) bond motifs is 1. The van der Waals surface area contributed by atoms with Gasteiger partial charge in [0.05, 0.1) is 6.54 Å². The lowest BCUT2D eigenvalue weighted by Gasteiger charge is -2.27. The summed E-state index contributed by atoms with van der Waals surface area (Å²) < 4.78 is 12.3. The first kappa shape index (κ1) is 21.8. The van der Waals surface area contributed by atoms with E-state index in [4.69, 9.17) is 14.5 Å². The Bertz CT molecular complexity index is 884. The molecule has 7 heteroatoms. The van der Waals surface area contributed by atoms with E-state index in [9.17, 15) is 4.79 Å². The first-order chi connectivity index (χ1) is 13.7. The van der Waals surface area contributed by atoms with Crippen LogP contribution >= 0.6 is 32.9 Å². The molecule has 0 saturated heterocycles. The quantitative estimate of drug-likeness (QED) is 0.499. The van der Waals surface area contributed by atoms with Gasteiger partial charge >= 0.3 is 0 Å². The second kappa shape index (κ2) is 10.3. The Kier molecular flexibility index (Phi) is 7.72. The fraction of sp³-hybridized carbons (Fsp3) is 0.364. The Morgan fingerprint density at radius 2 is 1.76 bits per heavy atom. The number of anilines is 1. The van der Waals surface area contributed by atoms with E-state index in [2.05, 4.69) is 15.9 Å². The summed E-state index contributed by atoms with van der Waals surface area (Å²) in [6.07, 6.45) is 4.23. The highest BCUT2D eigenvalue weighted by Crippen LogP contribution is 2.34. The summed E-state index contributed by atoms with van der Waals surface area (Å²) in [4.78, 5) is 19.8. The van der Waals surface area contributed by atoms with Crippen molar-refractivity contribution >= 4 is 50.2 Å². The van der Waals surface area contributed by atoms with E-state index in [-0.39, 0.29) is 29.3 Å². The molecule has 0 aliphatic carbocycles. The van der Waals surface area contributed by atoms with Crippen LogP contribution in [0.2, 0.25) is 0 Å². The molecule has 0 fully saturated rings. The van der Waals surface area contributed by atoms with Crippen molar-refractivity contribution < 1.29 is 14.3 Å². The van der Waals surface area contributed by atoms with Crippen LogP contribution in [-0.4, -0.2) is 37.9 Å². The van der Waals surface area contributed by atoms with E-state index in [0.717, 1.165) is 53.3 Å². The van der Waals surface area contributed by atoms with Gasteiger partial charge in [-0.3, -0.25) is 9.79 Å². The number of rotatable bonds is 4. The maximum Gasteiger partial charge on any atom is 0.182 e. The van der Waals surface area contributed by atoms with Crippen LogP contribution in [0.1, 0.15) is 36.0 Å². The second-order valence-corrected chi connectivity index (χ2v) is 7.87. The lowest BCUT2D eigenvalue weighted by molar-refractivity contribution is 0.100. The molecule has 29 heavy (non-hydrogen) atoms. The highest BCUT2D eigenvalue weighted by Gasteiger charge is 2.22. The number of hydrogen-bond donors (Lipinski definition) is 0. The number of aliphatic imine (C=N–C) groups is 1. The highest BCUT2D eigenvalue weighted by molar-refractivity contribution is 9.10. The van der Waals surface area contributed by atoms with Crippen LogP contribution in [0, 0.1) is 0 Å². The van der Waals surface area contributed by atoms with Gasteiger partial charge < -0.3 is 14.4 Å². The smallest absolute Gasteiger partial charge is 0.182 e. The topological polar surface area (TPSA) is 51.1 Å². The van der Waals surface area contributed by atoms with Crippen molar-refractivity contribution in [2.24, 2.45) is 4.99 Å². The van der Waals surface area contributed by atoms with Gasteiger partial charge in [-0.15, -0.1) is 17.0 Å². The number of benzene rings is 2. The zero-order chi connectivity index (χ0) is 19.3. The van der Waals surface area contributed by atoms with E-state index in [1.54, 1.807) is 0 Å². The van der Waals surface area contributed by atoms with Gasteiger partial charge in [0.15, 0.2) is 17.3 Å². The van der Waals surface area contributed by atoms with Crippen molar-refractivity contribution in [1.82, 2.24) is 0 Å². The maximum absolute atomic E-state index is 13.0. The number of ether oxygens (including phenoxy) is 2. The third-order valence-corrected chi connectivity index (χ3v) is 5.50. The molecule has 2 aromatic rings. The Balaban J connectivity index is 0.00000240. The Labute approximate surface area is 190 Å². The van der Waals surface area contributed by atoms with Gasteiger partial charge in [-0.25, -0.2) is 0 Å². The molecule has 0 N–H and O–H groups in total. The first-order valence-corrected chi connectivity index (χ1v) is 10.5. The normalized spacial score (nSPS) is 15.6. The number of carbonyl (C=O) groups is 1. The van der Waals surface area contributed by atoms with E-state index >= 15 is 0 Å². The van der Waals surface area contributed by atoms with E-state index in [1.165, 1.54) is 6.42 Å². The van der Waals surface area contributed by atoms with Crippen LogP contribution in [0.5, 0.6) is 11.5 Å². The minimum Gasteiger partial charge on any atom is -0.486 e. The molecule has 4 rings (SSSR count). The number of nitrogens with zero attached hydrogens (tertiary/aromatic N) is 2. The predicted octanol–water partition coefficient (Wildman–Crippen LogP) is 5.46. The molecule has 0 atom stereocenters. The molecule has 0 aromatic heterocycles. The molecule has 0 spiro atoms. The third-order valence-electron chi connectivity index (χ3n) is 4.97. The Hall–Kier alpha value is -1.86. The number of Topliss-reactive ketones (excluding diaryl/α,β-unsaturated/α-hetero) is 1. The average Bonchev–Trinajstić information content (AvgIpc) is 3.01. The Morgan fingerprint density at radius 3 is 2.55 bits per heavy atom. The van der Waals surface area contributed by atoms with Crippen LogP contribution in [-0.2, 0) is 0 Å². The molecule has 0 radical (unpaired) electrons. The molecule has 2 aliphatic heterocycles. The van der Waals surface area contributed by atoms with Gasteiger partial charge in [-0.1, -0.05) is 34.5 Å². The third kappa shape index (κ3) is 5.39. The van der Waals surface area contributed by atoms with Gasteiger partial charge in [0.1, 0.15) is 19.0 Å². The lowest BCUT2D eigenvalue weighted by atomic mass is 10.1. The average molecular weight is 524 g/mol. The molecule has 5 nitrogen and oxygen atoms in total. The van der Waals surface area contributed by atoms with Crippen LogP contribution in [0.4, 0.5) is 5.69 Å². The minimum atomic E-state index is 0. The van der Waals surface area contributed by atoms with Crippen LogP contribution < -0.4 is 14.4 Å². The highest BCUT2D eigenvalue weighted by atomic mass is 79.9. The largest absolute Gasteiger partial charge is 0.486 e. The number of amidine groups is 1. The van der Waals surface area contributed by atoms with Gasteiger partial charge in [-0.05, 0) is 37.1 Å². The van der Waals surface area contributed by atoms with Crippen molar-refractivity contribution in [3.63, 3.8) is 0 Å². The van der Waals surface area contributed by atoms with Gasteiger partial charge in [0.2, 0.25) is 0 Å². The molecular formula is C22H24Br2N2O3. The monoisotopic (exact) mass is 522 g/mol. The number of halogens is 2. The van der Waals surface area contributed by atoms with E-state index in [0.29, 0.717) is 18.8 Å². The zero-order valence-corrected chi connectivity index (χ0v) is 19.4. The fourth-order valence-electron chi connectivity index (χ4n) is 3.48. The number of ketones is 1. The van der Waals surface area contributed by atoms with E-state index in [1.807, 2.05) is 47.4 Å². The van der Waals surface area contributed by atoms with Gasteiger partial charge in [0, 0.05) is 34.8 Å². The molecule has 0 bridgehead atoms. The maximum atomic E-state index is 13.0. The van der Waals surface area contributed by atoms with Crippen molar-refractivity contribution in [3.05, 3.63) is 52.5 Å². The summed E-state index contributed by atoms with van der Waals surface area (Å²) in [5.74, 6) is 2.50. The summed E-state index contributed by atoms with van der Waals surface area (Å²) in [7, 11) is 0. The number of carbonyl (C=O) groups excluding carboxylic acids is 1. The van der Waals surface area contributed by atoms with Crippen molar-refractivity contribution in [3.8, 4) is 11.5 Å². The van der Waals surface area contributed by atoms with Crippen molar-refractivity contribution in [2.45, 2.75) is 25.7 Å². The van der Waals surface area contributed by atoms with Crippen molar-refractivity contribution in [1.29, 1.82) is 0 Å². The molecule has 2 aromatic carbocycles. The molecule has 0 amide bonds. The zero-order valence-electron chi connectivity index (χ0n) is 16.1. The molecule has 2 heterocycles. The van der Waals surface area contributed by atoms with Gasteiger partial charge in [-0.2, -0.15) is 0 Å². The second-order valence-electron chi connectivity index (χ2n) is 6.95. The predicted molar refractivity (Wildman–Crippen MR) is 124 cm³/mol. The van der Waals surface area contributed by atoms with Crippen LogP contribution in [0.25, 0.3) is 0 Å². The summed E-state index contributed by atoms with van der Waals surface area (Å²) in [6.45, 7) is 2.16. The van der Waals surface area contributed by atoms with Gasteiger partial charge in [0.25, 0.3) is 0 Å². The van der Waals surface area contributed by atoms with E-state index < -0.39 is 0 Å². The molecule has 0 saturated carbocycles. The van der Waals surface area contributed by atoms with Crippen molar-refractivity contribution in [2.75, 3.05) is 31.2 Å². The molecular weight excluding hydrogens is 500 g/mol. The minimum absolute atomic E-state index is 0. The molecule has 2 aliphatic rings. The SMILES string of the molecule is Br.O=C(CN(C1=NCCCCC1)c1ccc2c(c1)OCCO2)c1ccc(Br)cc1.